The summed E-state index contributed by atoms with van der Waals surface area (Å²) in [4.78, 5) is 12.9. The van der Waals surface area contributed by atoms with E-state index in [1.54, 1.807) is 13.2 Å². The van der Waals surface area contributed by atoms with Crippen LogP contribution in [0.1, 0.15) is 78.6 Å². The van der Waals surface area contributed by atoms with Gasteiger partial charge in [0.15, 0.2) is 6.29 Å². The number of halogens is 1. The Morgan fingerprint density at radius 1 is 1.16 bits per heavy atom. The number of rotatable bonds is 15. The quantitative estimate of drug-likeness (QED) is 0.135. The van der Waals surface area contributed by atoms with Crippen LogP contribution in [-0.4, -0.2) is 75.4 Å². The molecule has 0 aromatic carbocycles. The van der Waals surface area contributed by atoms with Gasteiger partial charge in [0.1, 0.15) is 11.5 Å². The molecule has 0 aromatic heterocycles. The van der Waals surface area contributed by atoms with Crippen LogP contribution >= 0.6 is 23.4 Å². The maximum atomic E-state index is 12.9. The van der Waals surface area contributed by atoms with Gasteiger partial charge in [-0.2, -0.15) is 0 Å². The summed E-state index contributed by atoms with van der Waals surface area (Å²) in [6.45, 7) is 6.15. The van der Waals surface area contributed by atoms with Gasteiger partial charge in [0.2, 0.25) is 5.91 Å². The predicted molar refractivity (Wildman–Crippen MR) is 132 cm³/mol. The normalized spacial score (nSPS) is 25.2. The van der Waals surface area contributed by atoms with Crippen LogP contribution in [0.25, 0.3) is 0 Å². The second kappa shape index (κ2) is 16.5. The zero-order valence-corrected chi connectivity index (χ0v) is 21.7. The van der Waals surface area contributed by atoms with Gasteiger partial charge in [0, 0.05) is 0 Å². The van der Waals surface area contributed by atoms with Crippen LogP contribution in [0.5, 0.6) is 0 Å². The second-order valence-corrected chi connectivity index (χ2v) is 10.6. The van der Waals surface area contributed by atoms with E-state index in [0.29, 0.717) is 5.92 Å². The van der Waals surface area contributed by atoms with Crippen molar-refractivity contribution in [2.75, 3.05) is 12.8 Å². The minimum absolute atomic E-state index is 0.203. The van der Waals surface area contributed by atoms with E-state index in [4.69, 9.17) is 16.3 Å². The molecule has 0 bridgehead atoms. The van der Waals surface area contributed by atoms with Crippen molar-refractivity contribution in [1.82, 2.24) is 10.6 Å². The highest BCUT2D eigenvalue weighted by atomic mass is 35.5. The number of hydrogen-bond donors (Lipinski definition) is 5. The largest absolute Gasteiger partial charge is 0.391 e. The van der Waals surface area contributed by atoms with Crippen molar-refractivity contribution >= 4 is 29.3 Å². The molecule has 1 heterocycles. The fourth-order valence-corrected chi connectivity index (χ4v) is 4.98. The third kappa shape index (κ3) is 10.9. The Bertz CT molecular complexity index is 515. The molecule has 1 aliphatic rings. The first kappa shape index (κ1) is 29.9. The van der Waals surface area contributed by atoms with E-state index in [2.05, 4.69) is 17.6 Å². The molecule has 0 radical (unpaired) electrons. The number of thioether (sulfide) groups is 1. The molecule has 32 heavy (non-hydrogen) atoms. The lowest BCUT2D eigenvalue weighted by Crippen LogP contribution is -2.55. The molecule has 1 rings (SSSR count). The van der Waals surface area contributed by atoms with Crippen molar-refractivity contribution in [2.24, 2.45) is 5.92 Å². The Balaban J connectivity index is 2.57. The second-order valence-electron chi connectivity index (χ2n) is 9.02. The number of hydrogen-bond acceptors (Lipinski definition) is 7. The van der Waals surface area contributed by atoms with Crippen molar-refractivity contribution in [2.45, 2.75) is 120 Å². The van der Waals surface area contributed by atoms with Gasteiger partial charge in [0.05, 0.1) is 23.6 Å². The lowest BCUT2D eigenvalue weighted by Gasteiger charge is -2.32. The van der Waals surface area contributed by atoms with Crippen LogP contribution in [0, 0.1) is 5.92 Å². The summed E-state index contributed by atoms with van der Waals surface area (Å²) in [6, 6.07) is -1.18. The Morgan fingerprint density at radius 3 is 2.44 bits per heavy atom. The average molecular weight is 497 g/mol. The molecule has 0 aromatic rings. The van der Waals surface area contributed by atoms with E-state index < -0.39 is 35.4 Å². The zero-order valence-electron chi connectivity index (χ0n) is 20.1. The molecule has 190 valence electrons. The number of carbonyl (C=O) groups is 1. The molecule has 0 saturated carbocycles. The lowest BCUT2D eigenvalue weighted by atomic mass is 9.92. The molecule has 1 saturated heterocycles. The van der Waals surface area contributed by atoms with Crippen LogP contribution in [-0.2, 0) is 9.53 Å². The number of amides is 1. The lowest BCUT2D eigenvalue weighted by molar-refractivity contribution is -0.165. The van der Waals surface area contributed by atoms with Crippen LogP contribution in [0.15, 0.2) is 0 Å². The summed E-state index contributed by atoms with van der Waals surface area (Å²) in [5.74, 6) is 0.438. The first-order valence-corrected chi connectivity index (χ1v) is 13.8. The van der Waals surface area contributed by atoms with Crippen molar-refractivity contribution in [3.8, 4) is 0 Å². The summed E-state index contributed by atoms with van der Waals surface area (Å²) >= 11 is 7.41. The Labute approximate surface area is 203 Å². The standard InChI is InChI=1S/C23H45ClN2O5S/c1-5-6-7-8-9-10-17-11-12-18(25-14-13-17)21(29)26-19(15(2)24)22(30)31-23(32-4)20(28)16(3)27/h15-20,22-23,25,27-28,30H,5-14H2,1-4H3,(H,26,29)/t15?,16-,17?,18?,19?,20?,22-,23?/m1/s1. The first-order valence-electron chi connectivity index (χ1n) is 12.1. The summed E-state index contributed by atoms with van der Waals surface area (Å²) in [5, 5.41) is 35.8. The van der Waals surface area contributed by atoms with Crippen molar-refractivity contribution in [3.05, 3.63) is 0 Å². The maximum absolute atomic E-state index is 12.9. The smallest absolute Gasteiger partial charge is 0.237 e. The summed E-state index contributed by atoms with van der Waals surface area (Å²) < 4.78 is 5.54. The predicted octanol–water partition coefficient (Wildman–Crippen LogP) is 2.98. The number of nitrogens with one attached hydrogen (secondary N) is 2. The molecule has 1 aliphatic heterocycles. The van der Waals surface area contributed by atoms with E-state index in [9.17, 15) is 20.1 Å². The highest BCUT2D eigenvalue weighted by Gasteiger charge is 2.34. The van der Waals surface area contributed by atoms with Gasteiger partial charge < -0.3 is 30.7 Å². The van der Waals surface area contributed by atoms with E-state index in [0.717, 1.165) is 37.6 Å². The number of unbranched alkanes of at least 4 members (excludes halogenated alkanes) is 4. The van der Waals surface area contributed by atoms with Crippen LogP contribution in [0.2, 0.25) is 0 Å². The highest BCUT2D eigenvalue weighted by Crippen LogP contribution is 2.24. The molecule has 6 unspecified atom stereocenters. The minimum Gasteiger partial charge on any atom is -0.391 e. The van der Waals surface area contributed by atoms with Crippen molar-refractivity contribution in [3.63, 3.8) is 0 Å². The zero-order chi connectivity index (χ0) is 24.1. The van der Waals surface area contributed by atoms with Gasteiger partial charge in [-0.25, -0.2) is 0 Å². The summed E-state index contributed by atoms with van der Waals surface area (Å²) in [5.41, 5.74) is -0.853. The fraction of sp³-hybridized carbons (Fsp3) is 0.957. The number of aliphatic hydroxyl groups is 3. The fourth-order valence-electron chi connectivity index (χ4n) is 4.06. The molecule has 1 fully saturated rings. The number of alkyl halides is 1. The van der Waals surface area contributed by atoms with Gasteiger partial charge in [-0.15, -0.1) is 23.4 Å². The van der Waals surface area contributed by atoms with E-state index in [1.807, 2.05) is 0 Å². The minimum atomic E-state index is -1.42. The number of carbonyl (C=O) groups excluding carboxylic acids is 1. The van der Waals surface area contributed by atoms with Crippen molar-refractivity contribution < 1.29 is 24.9 Å². The highest BCUT2D eigenvalue weighted by molar-refractivity contribution is 7.99. The molecular formula is C23H45ClN2O5S. The summed E-state index contributed by atoms with van der Waals surface area (Å²) in [7, 11) is 0. The number of ether oxygens (including phenoxy) is 1. The van der Waals surface area contributed by atoms with Crippen molar-refractivity contribution in [1.29, 1.82) is 0 Å². The van der Waals surface area contributed by atoms with Crippen LogP contribution < -0.4 is 10.6 Å². The van der Waals surface area contributed by atoms with Gasteiger partial charge in [-0.05, 0) is 51.8 Å². The molecule has 8 atom stereocenters. The van der Waals surface area contributed by atoms with E-state index in [1.165, 1.54) is 45.4 Å². The molecular weight excluding hydrogens is 452 g/mol. The van der Waals surface area contributed by atoms with Gasteiger partial charge in [0.25, 0.3) is 0 Å². The number of aliphatic hydroxyl groups excluding tert-OH is 3. The molecule has 0 aliphatic carbocycles. The van der Waals surface area contributed by atoms with Gasteiger partial charge >= 0.3 is 0 Å². The van der Waals surface area contributed by atoms with Gasteiger partial charge in [-0.1, -0.05) is 45.4 Å². The average Bonchev–Trinajstić information content (AvgIpc) is 3.00. The van der Waals surface area contributed by atoms with Gasteiger partial charge in [-0.3, -0.25) is 4.79 Å². The Kier molecular flexibility index (Phi) is 15.5. The van der Waals surface area contributed by atoms with Crippen LogP contribution in [0.3, 0.4) is 0 Å². The molecule has 9 heteroatoms. The molecule has 7 nitrogen and oxygen atoms in total. The topological polar surface area (TPSA) is 111 Å². The van der Waals surface area contributed by atoms with E-state index in [-0.39, 0.29) is 11.9 Å². The Morgan fingerprint density at radius 2 is 1.84 bits per heavy atom. The monoisotopic (exact) mass is 496 g/mol. The third-order valence-electron chi connectivity index (χ3n) is 6.23. The molecule has 5 N–H and O–H groups in total. The SMILES string of the molecule is CCCCCCCC1CCNC(C(=O)NC(C(C)Cl)[C@H](O)OC(SC)C(O)[C@@H](C)O)CC1. The van der Waals surface area contributed by atoms with E-state index >= 15 is 0 Å². The Hall–Kier alpha value is -0.0900. The third-order valence-corrected chi connectivity index (χ3v) is 7.36. The molecule has 1 amide bonds. The first-order chi connectivity index (χ1) is 15.2. The summed E-state index contributed by atoms with van der Waals surface area (Å²) in [6.07, 6.45) is 8.55. The van der Waals surface area contributed by atoms with Crippen LogP contribution in [0.4, 0.5) is 0 Å². The maximum Gasteiger partial charge on any atom is 0.237 e. The molecule has 0 spiro atoms.